The molecule has 0 unspecified atom stereocenters. The number of benzene rings is 14. The van der Waals surface area contributed by atoms with Crippen LogP contribution < -0.4 is 26.2 Å². The van der Waals surface area contributed by atoms with Gasteiger partial charge in [0.05, 0.1) is 39.5 Å². The van der Waals surface area contributed by atoms with Crippen molar-refractivity contribution in [1.29, 1.82) is 0 Å². The van der Waals surface area contributed by atoms with Gasteiger partial charge in [-0.2, -0.15) is 0 Å². The van der Waals surface area contributed by atoms with Crippen LogP contribution in [0.25, 0.3) is 141 Å². The smallest absolute Gasteiger partial charge is 0.252 e. The summed E-state index contributed by atoms with van der Waals surface area (Å²) in [5, 5.41) is 2.10. The first-order valence-electron chi connectivity index (χ1n) is 35.7. The van der Waals surface area contributed by atoms with E-state index >= 15 is 0 Å². The summed E-state index contributed by atoms with van der Waals surface area (Å²) in [6.45, 7) is -0.0242. The zero-order valence-electron chi connectivity index (χ0n) is 57.3. The highest BCUT2D eigenvalue weighted by atomic mass is 15.2. The number of para-hydroxylation sites is 5. The van der Waals surface area contributed by atoms with Gasteiger partial charge in [0.1, 0.15) is 0 Å². The first kappa shape index (κ1) is 61.6. The molecule has 18 aromatic rings. The second kappa shape index (κ2) is 26.0. The minimum absolute atomic E-state index is 0.0242. The number of rotatable bonds is 13. The van der Waals surface area contributed by atoms with Crippen molar-refractivity contribution in [2.45, 2.75) is 0 Å². The summed E-state index contributed by atoms with van der Waals surface area (Å²) in [4.78, 5) is 42.4. The molecule has 0 bridgehead atoms. The molecular weight excluding hydrogens is 1290 g/mol. The Bertz CT molecular complexity index is 6170. The molecule has 0 radical (unpaired) electrons. The molecule has 2 aliphatic heterocycles. The minimum Gasteiger partial charge on any atom is -0.311 e. The maximum absolute atomic E-state index is 5.83. The van der Waals surface area contributed by atoms with Gasteiger partial charge in [-0.1, -0.05) is 267 Å². The molecule has 0 spiro atoms. The number of fused-ring (bicyclic) bond motifs is 7. The molecule has 10 nitrogen and oxygen atoms in total. The molecule has 0 aliphatic carbocycles. The highest BCUT2D eigenvalue weighted by Crippen LogP contribution is 2.48. The molecule has 0 fully saturated rings. The van der Waals surface area contributed by atoms with E-state index in [1.807, 2.05) is 84.9 Å². The van der Waals surface area contributed by atoms with Crippen molar-refractivity contribution >= 4 is 79.0 Å². The minimum atomic E-state index is -0.0242. The van der Waals surface area contributed by atoms with E-state index < -0.39 is 0 Å². The predicted molar refractivity (Wildman–Crippen MR) is 434 cm³/mol. The monoisotopic (exact) mass is 1350 g/mol. The summed E-state index contributed by atoms with van der Waals surface area (Å²) in [6, 6.07) is 130. The Morgan fingerprint density at radius 2 is 0.594 bits per heavy atom. The quantitative estimate of drug-likeness (QED) is 0.104. The molecule has 20 rings (SSSR count). The fraction of sp³-hybridized carbons (Fsp3) is 0. The molecule has 6 heterocycles. The molecule has 11 heteroatoms. The number of aromatic nitrogens is 8. The summed E-state index contributed by atoms with van der Waals surface area (Å²) in [5.41, 5.74) is 26.7. The van der Waals surface area contributed by atoms with Crippen LogP contribution in [0.4, 0.5) is 34.1 Å². The van der Waals surface area contributed by atoms with Crippen LogP contribution in [-0.2, 0) is 0 Å². The lowest BCUT2D eigenvalue weighted by molar-refractivity contribution is 1.07. The van der Waals surface area contributed by atoms with Gasteiger partial charge in [-0.25, -0.2) is 34.9 Å². The van der Waals surface area contributed by atoms with Crippen molar-refractivity contribution in [3.63, 3.8) is 0 Å². The van der Waals surface area contributed by atoms with Gasteiger partial charge in [-0.05, 0) is 131 Å². The number of anilines is 6. The maximum Gasteiger partial charge on any atom is 0.252 e. The van der Waals surface area contributed by atoms with Crippen molar-refractivity contribution in [3.05, 3.63) is 370 Å². The highest BCUT2D eigenvalue weighted by Gasteiger charge is 2.43. The van der Waals surface area contributed by atoms with Gasteiger partial charge in [0, 0.05) is 95.0 Å². The molecular formula is C95H61BN10. The van der Waals surface area contributed by atoms with Crippen LogP contribution in [0.5, 0.6) is 0 Å². The van der Waals surface area contributed by atoms with E-state index in [1.165, 1.54) is 16.4 Å². The van der Waals surface area contributed by atoms with E-state index in [0.29, 0.717) is 29.1 Å². The van der Waals surface area contributed by atoms with Crippen LogP contribution in [0.2, 0.25) is 0 Å². The zero-order chi connectivity index (χ0) is 70.0. The summed E-state index contributed by atoms with van der Waals surface area (Å²) in [7, 11) is 0. The lowest BCUT2D eigenvalue weighted by Crippen LogP contribution is -2.61. The third-order valence-electron chi connectivity index (χ3n) is 20.4. The van der Waals surface area contributed by atoms with Crippen molar-refractivity contribution < 1.29 is 0 Å². The molecule has 0 amide bonds. The van der Waals surface area contributed by atoms with Gasteiger partial charge in [0.15, 0.2) is 29.1 Å². The summed E-state index contributed by atoms with van der Waals surface area (Å²) in [5.74, 6) is 2.97. The highest BCUT2D eigenvalue weighted by molar-refractivity contribution is 7.00. The Hall–Kier alpha value is -14.3. The fourth-order valence-corrected chi connectivity index (χ4v) is 15.6. The van der Waals surface area contributed by atoms with E-state index in [1.54, 1.807) is 0 Å². The third-order valence-corrected chi connectivity index (χ3v) is 20.4. The first-order chi connectivity index (χ1) is 52.5. The topological polar surface area (TPSA) is 102 Å². The van der Waals surface area contributed by atoms with Crippen molar-refractivity contribution in [2.24, 2.45) is 0 Å². The molecule has 494 valence electrons. The molecule has 2 aliphatic rings. The van der Waals surface area contributed by atoms with Gasteiger partial charge in [-0.3, -0.25) is 0 Å². The Kier molecular flexibility index (Phi) is 15.1. The van der Waals surface area contributed by atoms with E-state index in [4.69, 9.17) is 34.9 Å². The van der Waals surface area contributed by atoms with Gasteiger partial charge in [0.25, 0.3) is 6.71 Å². The second-order valence-electron chi connectivity index (χ2n) is 26.8. The molecule has 0 saturated carbocycles. The van der Waals surface area contributed by atoms with Crippen LogP contribution >= 0.6 is 0 Å². The number of nitrogens with zero attached hydrogens (tertiary/aromatic N) is 10. The number of hydrogen-bond donors (Lipinski definition) is 0. The largest absolute Gasteiger partial charge is 0.311 e. The summed E-state index contributed by atoms with van der Waals surface area (Å²) >= 11 is 0. The molecule has 0 N–H and O–H groups in total. The van der Waals surface area contributed by atoms with E-state index in [2.05, 4.69) is 299 Å². The van der Waals surface area contributed by atoms with Gasteiger partial charge < -0.3 is 14.4 Å². The molecule has 0 atom stereocenters. The lowest BCUT2D eigenvalue weighted by Gasteiger charge is -2.44. The van der Waals surface area contributed by atoms with Crippen LogP contribution in [0.3, 0.4) is 0 Å². The first-order valence-corrected chi connectivity index (χ1v) is 35.7. The summed E-state index contributed by atoms with van der Waals surface area (Å²) in [6.07, 6.45) is 0. The molecule has 0 saturated heterocycles. The summed E-state index contributed by atoms with van der Waals surface area (Å²) < 4.78 is 2.38. The maximum atomic E-state index is 5.83. The van der Waals surface area contributed by atoms with Crippen molar-refractivity contribution in [1.82, 2.24) is 39.5 Å². The van der Waals surface area contributed by atoms with Crippen molar-refractivity contribution in [2.75, 3.05) is 9.80 Å². The van der Waals surface area contributed by atoms with Gasteiger partial charge >= 0.3 is 0 Å². The van der Waals surface area contributed by atoms with Gasteiger partial charge in [0.2, 0.25) is 0 Å². The Morgan fingerprint density at radius 1 is 0.208 bits per heavy atom. The van der Waals surface area contributed by atoms with Crippen LogP contribution in [-0.4, -0.2) is 46.2 Å². The molecule has 4 aromatic heterocycles. The molecule has 106 heavy (non-hydrogen) atoms. The van der Waals surface area contributed by atoms with Crippen LogP contribution in [0, 0.1) is 0 Å². The average molecular weight is 1350 g/mol. The van der Waals surface area contributed by atoms with Gasteiger partial charge in [-0.15, -0.1) is 0 Å². The van der Waals surface area contributed by atoms with Crippen LogP contribution in [0.15, 0.2) is 370 Å². The fourth-order valence-electron chi connectivity index (χ4n) is 15.6. The zero-order valence-corrected chi connectivity index (χ0v) is 57.3. The second-order valence-corrected chi connectivity index (χ2v) is 26.8. The van der Waals surface area contributed by atoms with E-state index in [-0.39, 0.29) is 6.71 Å². The predicted octanol–water partition coefficient (Wildman–Crippen LogP) is 21.3. The average Bonchev–Trinajstić information content (AvgIpc) is 0.854. The van der Waals surface area contributed by atoms with E-state index in [9.17, 15) is 0 Å². The molecule has 14 aromatic carbocycles. The third kappa shape index (κ3) is 10.9. The van der Waals surface area contributed by atoms with Crippen molar-refractivity contribution in [3.8, 4) is 119 Å². The Labute approximate surface area is 613 Å². The number of hydrogen-bond acceptors (Lipinski definition) is 9. The SMILES string of the molecule is c1ccc(-c2cc(-c3ccc(-n4c5ccccc5c5cc(-c6nc(-c7ccccc7)nc(-c7ccccc7)n6)ccc54)c(-c4cc(-c5ccccc5)nc(-c5cccc(-c6cc7c8c(c6)N(c6ccccc6)c6ccccc6B8c6ccccc6N7c6ccccc6)c5)n4)c3)nc(-c3ccccc3)n2)cc1. The Morgan fingerprint density at radius 3 is 1.14 bits per heavy atom. The normalized spacial score (nSPS) is 12.1. The van der Waals surface area contributed by atoms with E-state index in [0.717, 1.165) is 146 Å². The standard InChI is InChI=1S/C95H61BN10/c1-8-29-62(30-9-1)79-60-81(99-91(97-79)64-33-12-3-13-34-64)68-51-53-85(106-83-48-25-22-45-74(83)75-57-70(52-54-84(75)106)95-102-92(65-35-14-4-15-36-65)101-93(103-95)66-37-16-5-17-38-66)76(56-68)82-61-80(63-31-10-2-11-32-63)98-94(100-82)69-40-28-39-67(55-69)71-58-88-90-89(59-71)105(73-43-20-7-21-44-73)87-50-27-24-47-78(87)96(90)77-46-23-26-49-86(77)104(88)72-41-18-6-19-42-72/h1-61H. The van der Waals surface area contributed by atoms with Crippen LogP contribution in [0.1, 0.15) is 0 Å². The lowest BCUT2D eigenvalue weighted by atomic mass is 9.33. The Balaban J connectivity index is 0.802.